The van der Waals surface area contributed by atoms with Crippen LogP contribution in [-0.2, 0) is 0 Å². The normalized spacial score (nSPS) is 11.5. The van der Waals surface area contributed by atoms with Crippen molar-refractivity contribution in [1.82, 2.24) is 5.32 Å². The molecule has 0 aromatic rings. The van der Waals surface area contributed by atoms with Crippen LogP contribution < -0.4 is 5.32 Å². The maximum Gasteiger partial charge on any atom is 0.404 e. The fourth-order valence-electron chi connectivity index (χ4n) is 7.05. The van der Waals surface area contributed by atoms with Gasteiger partial charge in [-0.3, -0.25) is 0 Å². The Hall–Kier alpha value is -0.730. The van der Waals surface area contributed by atoms with E-state index in [9.17, 15) is 9.90 Å². The van der Waals surface area contributed by atoms with Crippen LogP contribution in [0.4, 0.5) is 4.79 Å². The van der Waals surface area contributed by atoms with E-state index in [0.29, 0.717) is 0 Å². The lowest BCUT2D eigenvalue weighted by Gasteiger charge is -2.17. The van der Waals surface area contributed by atoms with Crippen molar-refractivity contribution in [3.63, 3.8) is 0 Å². The Kier molecular flexibility index (Phi) is 38.8. The van der Waals surface area contributed by atoms with Crippen molar-refractivity contribution in [3.8, 4) is 0 Å². The van der Waals surface area contributed by atoms with Crippen molar-refractivity contribution in [2.24, 2.45) is 0 Å². The minimum Gasteiger partial charge on any atom is -0.465 e. The molecule has 45 heavy (non-hydrogen) atoms. The Bertz CT molecular complexity index is 511. The summed E-state index contributed by atoms with van der Waals surface area (Å²) in [5.41, 5.74) is 0. The summed E-state index contributed by atoms with van der Waals surface area (Å²) in [7, 11) is 0. The highest BCUT2D eigenvalue weighted by Crippen LogP contribution is 2.18. The maximum absolute atomic E-state index is 11.3. The molecular formula is C42H85NO2. The average molecular weight is 636 g/mol. The summed E-state index contributed by atoms with van der Waals surface area (Å²) in [5, 5.41) is 12.1. The lowest BCUT2D eigenvalue weighted by molar-refractivity contribution is 0.187. The molecule has 0 aliphatic heterocycles. The number of unbranched alkanes of at least 4 members (excludes halogenated alkanes) is 34. The van der Waals surface area contributed by atoms with Gasteiger partial charge in [0.2, 0.25) is 0 Å². The summed E-state index contributed by atoms with van der Waals surface area (Å²) in [5.74, 6) is 0. The summed E-state index contributed by atoms with van der Waals surface area (Å²) in [6.07, 6.45) is 51.4. The fraction of sp³-hybridized carbons (Fsp3) is 0.976. The van der Waals surface area contributed by atoms with E-state index in [-0.39, 0.29) is 6.04 Å². The molecule has 0 rings (SSSR count). The monoisotopic (exact) mass is 636 g/mol. The fourth-order valence-corrected chi connectivity index (χ4v) is 7.05. The molecule has 0 radical (unpaired) electrons. The quantitative estimate of drug-likeness (QED) is 0.0660. The average Bonchev–Trinajstić information content (AvgIpc) is 3.03. The van der Waals surface area contributed by atoms with Gasteiger partial charge in [-0.05, 0) is 12.8 Å². The van der Waals surface area contributed by atoms with Crippen molar-refractivity contribution in [2.45, 2.75) is 264 Å². The third kappa shape index (κ3) is 39.4. The molecule has 0 aromatic heterocycles. The Morgan fingerprint density at radius 1 is 0.356 bits per heavy atom. The molecule has 0 aliphatic rings. The molecule has 3 heteroatoms. The molecule has 3 nitrogen and oxygen atoms in total. The minimum atomic E-state index is -0.843. The summed E-state index contributed by atoms with van der Waals surface area (Å²) in [6.45, 7) is 4.59. The van der Waals surface area contributed by atoms with Gasteiger partial charge in [-0.1, -0.05) is 245 Å². The highest BCUT2D eigenvalue weighted by Gasteiger charge is 2.11. The molecule has 0 unspecified atom stereocenters. The largest absolute Gasteiger partial charge is 0.465 e. The lowest BCUT2D eigenvalue weighted by Crippen LogP contribution is -2.33. The summed E-state index contributed by atoms with van der Waals surface area (Å²) in [4.78, 5) is 11.3. The van der Waals surface area contributed by atoms with E-state index in [1.165, 1.54) is 231 Å². The maximum atomic E-state index is 11.3. The van der Waals surface area contributed by atoms with E-state index in [1.807, 2.05) is 0 Å². The number of hydrogen-bond donors (Lipinski definition) is 2. The van der Waals surface area contributed by atoms with Gasteiger partial charge in [0.25, 0.3) is 0 Å². The van der Waals surface area contributed by atoms with Crippen molar-refractivity contribution in [2.75, 3.05) is 0 Å². The van der Waals surface area contributed by atoms with E-state index < -0.39 is 6.09 Å². The molecule has 270 valence electrons. The third-order valence-electron chi connectivity index (χ3n) is 10.1. The summed E-state index contributed by atoms with van der Waals surface area (Å²) < 4.78 is 0. The lowest BCUT2D eigenvalue weighted by atomic mass is 9.99. The van der Waals surface area contributed by atoms with Gasteiger partial charge >= 0.3 is 6.09 Å². The van der Waals surface area contributed by atoms with Crippen molar-refractivity contribution >= 4 is 6.09 Å². The highest BCUT2D eigenvalue weighted by molar-refractivity contribution is 5.64. The van der Waals surface area contributed by atoms with E-state index >= 15 is 0 Å². The zero-order valence-electron chi connectivity index (χ0n) is 31.3. The minimum absolute atomic E-state index is 0.157. The smallest absolute Gasteiger partial charge is 0.404 e. The zero-order chi connectivity index (χ0) is 32.7. The molecule has 1 amide bonds. The summed E-state index contributed by atoms with van der Waals surface area (Å²) in [6, 6.07) is 0.157. The summed E-state index contributed by atoms with van der Waals surface area (Å²) >= 11 is 0. The predicted molar refractivity (Wildman–Crippen MR) is 202 cm³/mol. The van der Waals surface area contributed by atoms with Crippen LogP contribution in [0.1, 0.15) is 258 Å². The second-order valence-corrected chi connectivity index (χ2v) is 14.7. The highest BCUT2D eigenvalue weighted by atomic mass is 16.4. The molecule has 0 aliphatic carbocycles. The van der Waals surface area contributed by atoms with Crippen LogP contribution in [0.15, 0.2) is 0 Å². The number of rotatable bonds is 39. The van der Waals surface area contributed by atoms with Crippen molar-refractivity contribution < 1.29 is 9.90 Å². The van der Waals surface area contributed by atoms with E-state index in [0.717, 1.165) is 12.8 Å². The molecule has 0 saturated heterocycles. The van der Waals surface area contributed by atoms with Gasteiger partial charge in [-0.25, -0.2) is 4.79 Å². The Labute approximate surface area is 284 Å². The first kappa shape index (κ1) is 44.3. The Balaban J connectivity index is 3.44. The topological polar surface area (TPSA) is 49.3 Å². The molecule has 0 atom stereocenters. The van der Waals surface area contributed by atoms with Crippen LogP contribution in [-0.4, -0.2) is 17.2 Å². The van der Waals surface area contributed by atoms with Crippen molar-refractivity contribution in [3.05, 3.63) is 0 Å². The molecule has 0 fully saturated rings. The van der Waals surface area contributed by atoms with Gasteiger partial charge in [-0.15, -0.1) is 0 Å². The molecule has 0 heterocycles. The number of nitrogens with one attached hydrogen (secondary N) is 1. The van der Waals surface area contributed by atoms with Crippen molar-refractivity contribution in [1.29, 1.82) is 0 Å². The number of amides is 1. The Morgan fingerprint density at radius 3 is 0.711 bits per heavy atom. The number of carboxylic acid groups (broad SMARTS) is 1. The molecule has 0 bridgehead atoms. The van der Waals surface area contributed by atoms with Gasteiger partial charge < -0.3 is 10.4 Å². The second-order valence-electron chi connectivity index (χ2n) is 14.7. The third-order valence-corrected chi connectivity index (χ3v) is 10.1. The Morgan fingerprint density at radius 2 is 0.533 bits per heavy atom. The first-order valence-electron chi connectivity index (χ1n) is 21.2. The van der Waals surface area contributed by atoms with Crippen LogP contribution >= 0.6 is 0 Å². The number of hydrogen-bond acceptors (Lipinski definition) is 1. The van der Waals surface area contributed by atoms with Crippen LogP contribution in [0.3, 0.4) is 0 Å². The molecule has 0 spiro atoms. The standard InChI is InChI=1S/C42H85NO2/c1-3-5-7-9-11-13-15-17-19-21-23-25-27-29-31-33-35-37-39-41(43-42(44)45)40-38-36-34-32-30-28-26-24-22-20-18-16-14-12-10-8-6-4-2/h41,43H,3-40H2,1-2H3,(H,44,45). The van der Waals surface area contributed by atoms with Gasteiger partial charge in [0.05, 0.1) is 0 Å². The predicted octanol–water partition coefficient (Wildman–Crippen LogP) is 15.5. The molecule has 0 saturated carbocycles. The second kappa shape index (κ2) is 39.4. The van der Waals surface area contributed by atoms with Crippen LogP contribution in [0.2, 0.25) is 0 Å². The first-order valence-corrected chi connectivity index (χ1v) is 21.2. The van der Waals surface area contributed by atoms with Gasteiger partial charge in [0, 0.05) is 6.04 Å². The van der Waals surface area contributed by atoms with Gasteiger partial charge in [0.1, 0.15) is 0 Å². The van der Waals surface area contributed by atoms with E-state index in [4.69, 9.17) is 0 Å². The van der Waals surface area contributed by atoms with Crippen LogP contribution in [0.25, 0.3) is 0 Å². The van der Waals surface area contributed by atoms with E-state index in [1.54, 1.807) is 0 Å². The van der Waals surface area contributed by atoms with Crippen LogP contribution in [0.5, 0.6) is 0 Å². The van der Waals surface area contributed by atoms with E-state index in [2.05, 4.69) is 19.2 Å². The van der Waals surface area contributed by atoms with Gasteiger partial charge in [-0.2, -0.15) is 0 Å². The zero-order valence-corrected chi connectivity index (χ0v) is 31.3. The SMILES string of the molecule is CCCCCCCCCCCCCCCCCCCCC(CCCCCCCCCCCCCCCCCCCC)NC(=O)O. The van der Waals surface area contributed by atoms with Gasteiger partial charge in [0.15, 0.2) is 0 Å². The first-order chi connectivity index (χ1) is 22.2. The molecule has 0 aromatic carbocycles. The number of carbonyl (C=O) groups is 1. The molecule has 2 N–H and O–H groups in total. The molecular weight excluding hydrogens is 550 g/mol. The van der Waals surface area contributed by atoms with Crippen LogP contribution in [0, 0.1) is 0 Å².